The predicted molar refractivity (Wildman–Crippen MR) is 43.7 cm³/mol. The first kappa shape index (κ1) is 9.02. The molecule has 0 rings (SSSR count). The van der Waals surface area contributed by atoms with Gasteiger partial charge in [0.2, 0.25) is 0 Å². The Bertz CT molecular complexity index is 111. The molecule has 0 aromatic rings. The first-order valence-electron chi connectivity index (χ1n) is 2.97. The van der Waals surface area contributed by atoms with Crippen LogP contribution in [0, 0.1) is 5.41 Å². The summed E-state index contributed by atoms with van der Waals surface area (Å²) in [6.07, 6.45) is 3.93. The quantitative estimate of drug-likeness (QED) is 0.474. The summed E-state index contributed by atoms with van der Waals surface area (Å²) < 4.78 is 0. The summed E-state index contributed by atoms with van der Waals surface area (Å²) in [6, 6.07) is 0. The molecule has 0 aliphatic rings. The van der Waals surface area contributed by atoms with E-state index < -0.39 is 0 Å². The highest BCUT2D eigenvalue weighted by molar-refractivity contribution is 8.09. The Hall–Kier alpha value is 0.0200. The maximum Gasteiger partial charge on any atom is 0.335 e. The number of carbonyl (C=O) groups is 1. The first-order valence-corrected chi connectivity index (χ1v) is 5.02. The molecule has 0 amide bonds. The molecule has 0 bridgehead atoms. The van der Waals surface area contributed by atoms with Gasteiger partial charge >= 0.3 is 5.12 Å². The average Bonchev–Trinajstić information content (AvgIpc) is 1.62. The van der Waals surface area contributed by atoms with E-state index in [0.717, 1.165) is 0 Å². The van der Waals surface area contributed by atoms with E-state index in [-0.39, 0.29) is 16.3 Å². The van der Waals surface area contributed by atoms with E-state index in [1.165, 1.54) is 0 Å². The van der Waals surface area contributed by atoms with Crippen LogP contribution in [-0.4, -0.2) is 17.6 Å². The Morgan fingerprint density at radius 2 is 1.56 bits per heavy atom. The van der Waals surface area contributed by atoms with E-state index in [2.05, 4.69) is 0 Å². The van der Waals surface area contributed by atoms with Crippen LogP contribution in [0.25, 0.3) is 0 Å². The lowest BCUT2D eigenvalue weighted by atomic mass is 10.00. The van der Waals surface area contributed by atoms with Gasteiger partial charge in [0, 0.05) is 0 Å². The fourth-order valence-electron chi connectivity index (χ4n) is 0.612. The zero-order valence-corrected chi connectivity index (χ0v) is 7.63. The molecule has 54 valence electrons. The molecule has 0 atom stereocenters. The molecule has 0 radical (unpaired) electrons. The lowest BCUT2D eigenvalue weighted by Gasteiger charge is -2.11. The minimum Gasteiger partial charge on any atom is -0.237 e. The highest BCUT2D eigenvalue weighted by Crippen LogP contribution is 2.17. The van der Waals surface area contributed by atoms with Gasteiger partial charge in [0.1, 0.15) is 12.5 Å². The van der Waals surface area contributed by atoms with E-state index in [4.69, 9.17) is 0 Å². The molecule has 0 saturated carbocycles. The summed E-state index contributed by atoms with van der Waals surface area (Å²) in [5.74, 6) is 0. The van der Waals surface area contributed by atoms with E-state index in [1.54, 1.807) is 0 Å². The largest absolute Gasteiger partial charge is 0.335 e. The standard InChI is InChI=1S/C7H15OS/c1-7(2,3)6(8)9(4)5/h1-5H3/q+1. The topological polar surface area (TPSA) is 17.1 Å². The summed E-state index contributed by atoms with van der Waals surface area (Å²) in [5, 5.41) is 0.363. The van der Waals surface area contributed by atoms with Crippen LogP contribution in [0.15, 0.2) is 0 Å². The van der Waals surface area contributed by atoms with Gasteiger partial charge < -0.3 is 0 Å². The molecule has 0 N–H and O–H groups in total. The van der Waals surface area contributed by atoms with Crippen LogP contribution in [0.1, 0.15) is 20.8 Å². The molecule has 0 aromatic heterocycles. The van der Waals surface area contributed by atoms with Crippen LogP contribution in [-0.2, 0) is 15.7 Å². The van der Waals surface area contributed by atoms with Crippen molar-refractivity contribution in [1.82, 2.24) is 0 Å². The van der Waals surface area contributed by atoms with E-state index >= 15 is 0 Å². The Balaban J connectivity index is 4.06. The van der Waals surface area contributed by atoms with Crippen LogP contribution in [0.4, 0.5) is 0 Å². The molecule has 0 fully saturated rings. The van der Waals surface area contributed by atoms with Gasteiger partial charge in [-0.05, 0) is 20.8 Å². The second-order valence-corrected chi connectivity index (χ2v) is 5.36. The molecule has 0 spiro atoms. The molecule has 2 heteroatoms. The number of carbonyl (C=O) groups excluding carboxylic acids is 1. The van der Waals surface area contributed by atoms with E-state index in [0.29, 0.717) is 5.12 Å². The SMILES string of the molecule is C[S+](C)C(=O)C(C)(C)C. The van der Waals surface area contributed by atoms with Crippen molar-refractivity contribution in [3.63, 3.8) is 0 Å². The highest BCUT2D eigenvalue weighted by Gasteiger charge is 2.31. The predicted octanol–water partition coefficient (Wildman–Crippen LogP) is 1.44. The van der Waals surface area contributed by atoms with E-state index in [1.807, 2.05) is 33.3 Å². The van der Waals surface area contributed by atoms with Gasteiger partial charge in [-0.3, -0.25) is 0 Å². The number of rotatable bonds is 0. The van der Waals surface area contributed by atoms with Crippen LogP contribution in [0.2, 0.25) is 0 Å². The summed E-state index contributed by atoms with van der Waals surface area (Å²) in [5.41, 5.74) is -0.146. The minimum atomic E-state index is -0.146. The zero-order valence-electron chi connectivity index (χ0n) is 6.82. The van der Waals surface area contributed by atoms with Gasteiger partial charge in [-0.2, -0.15) is 0 Å². The molecule has 0 aliphatic heterocycles. The van der Waals surface area contributed by atoms with Gasteiger partial charge in [0.15, 0.2) is 0 Å². The Morgan fingerprint density at radius 3 is 1.56 bits per heavy atom. The molecular weight excluding hydrogens is 132 g/mol. The number of hydrogen-bond acceptors (Lipinski definition) is 1. The summed E-state index contributed by atoms with van der Waals surface area (Å²) in [6.45, 7) is 5.88. The van der Waals surface area contributed by atoms with E-state index in [9.17, 15) is 4.79 Å². The van der Waals surface area contributed by atoms with Crippen molar-refractivity contribution < 1.29 is 4.79 Å². The van der Waals surface area contributed by atoms with Gasteiger partial charge in [-0.25, -0.2) is 4.79 Å². The molecule has 1 nitrogen and oxygen atoms in total. The van der Waals surface area contributed by atoms with Gasteiger partial charge in [0.05, 0.1) is 16.3 Å². The van der Waals surface area contributed by atoms with Crippen molar-refractivity contribution in [2.45, 2.75) is 20.8 Å². The van der Waals surface area contributed by atoms with Gasteiger partial charge in [-0.15, -0.1) is 0 Å². The van der Waals surface area contributed by atoms with Crippen molar-refractivity contribution >= 4 is 16.0 Å². The summed E-state index contributed by atoms with van der Waals surface area (Å²) >= 11 is 0. The third-order valence-electron chi connectivity index (χ3n) is 0.983. The second kappa shape index (κ2) is 2.74. The van der Waals surface area contributed by atoms with Crippen molar-refractivity contribution in [1.29, 1.82) is 0 Å². The molecule has 0 saturated heterocycles. The van der Waals surface area contributed by atoms with Crippen LogP contribution < -0.4 is 0 Å². The van der Waals surface area contributed by atoms with Crippen LogP contribution >= 0.6 is 0 Å². The number of hydrogen-bond donors (Lipinski definition) is 0. The van der Waals surface area contributed by atoms with Crippen LogP contribution in [0.3, 0.4) is 0 Å². The molecule has 9 heavy (non-hydrogen) atoms. The average molecular weight is 147 g/mol. The fraction of sp³-hybridized carbons (Fsp3) is 0.857. The summed E-state index contributed by atoms with van der Waals surface area (Å²) in [7, 11) is -0.0687. The Kier molecular flexibility index (Phi) is 2.74. The lowest BCUT2D eigenvalue weighted by Crippen LogP contribution is -2.26. The molecule has 0 heterocycles. The fourth-order valence-corrected chi connectivity index (χ4v) is 1.84. The van der Waals surface area contributed by atoms with Crippen molar-refractivity contribution in [3.8, 4) is 0 Å². The zero-order chi connectivity index (χ0) is 7.65. The maximum absolute atomic E-state index is 11.2. The van der Waals surface area contributed by atoms with Gasteiger partial charge in [-0.1, -0.05) is 0 Å². The van der Waals surface area contributed by atoms with Crippen molar-refractivity contribution in [2.24, 2.45) is 5.41 Å². The third-order valence-corrected chi connectivity index (χ3v) is 2.34. The minimum absolute atomic E-state index is 0.0687. The lowest BCUT2D eigenvalue weighted by molar-refractivity contribution is -0.117. The third kappa shape index (κ3) is 2.89. The first-order chi connectivity index (χ1) is 3.85. The monoisotopic (exact) mass is 147 g/mol. The second-order valence-electron chi connectivity index (χ2n) is 3.35. The smallest absolute Gasteiger partial charge is 0.237 e. The Labute approximate surface area is 60.2 Å². The normalized spacial score (nSPS) is 12.2. The summed E-state index contributed by atoms with van der Waals surface area (Å²) in [4.78, 5) is 11.2. The Morgan fingerprint density at radius 1 is 1.22 bits per heavy atom. The molecule has 0 aromatic carbocycles. The molecule has 0 aliphatic carbocycles. The van der Waals surface area contributed by atoms with Crippen LogP contribution in [0.5, 0.6) is 0 Å². The highest BCUT2D eigenvalue weighted by atomic mass is 32.2. The van der Waals surface area contributed by atoms with Crippen molar-refractivity contribution in [3.05, 3.63) is 0 Å². The van der Waals surface area contributed by atoms with Gasteiger partial charge in [0.25, 0.3) is 0 Å². The van der Waals surface area contributed by atoms with Crippen molar-refractivity contribution in [2.75, 3.05) is 12.5 Å². The molecule has 0 unspecified atom stereocenters. The maximum atomic E-state index is 11.2. The molecular formula is C7H15OS+.